The van der Waals surface area contributed by atoms with Crippen molar-refractivity contribution < 1.29 is 33.2 Å². The lowest BCUT2D eigenvalue weighted by Gasteiger charge is -2.18. The fraction of sp³-hybridized carbons (Fsp3) is 0.435. The zero-order valence-corrected chi connectivity index (χ0v) is 18.0. The number of ether oxygens (including phenoxy) is 6. The van der Waals surface area contributed by atoms with E-state index in [-0.39, 0.29) is 17.8 Å². The average Bonchev–Trinajstić information content (AvgIpc) is 3.11. The van der Waals surface area contributed by atoms with Crippen LogP contribution in [-0.4, -0.2) is 48.1 Å². The van der Waals surface area contributed by atoms with Gasteiger partial charge in [0.15, 0.2) is 23.0 Å². The normalized spacial score (nSPS) is 18.0. The first-order valence-corrected chi connectivity index (χ1v) is 9.71. The van der Waals surface area contributed by atoms with E-state index in [1.807, 2.05) is 30.3 Å². The molecule has 1 saturated heterocycles. The van der Waals surface area contributed by atoms with Crippen molar-refractivity contribution in [2.24, 2.45) is 11.8 Å². The third-order valence-corrected chi connectivity index (χ3v) is 5.44. The van der Waals surface area contributed by atoms with Crippen LogP contribution in [-0.2, 0) is 22.4 Å². The second kappa shape index (κ2) is 9.61. The van der Waals surface area contributed by atoms with Gasteiger partial charge in [-0.1, -0.05) is 6.07 Å². The molecule has 0 radical (unpaired) electrons. The van der Waals surface area contributed by atoms with Gasteiger partial charge in [0.05, 0.1) is 48.1 Å². The molecule has 1 heterocycles. The zero-order chi connectivity index (χ0) is 21.7. The van der Waals surface area contributed by atoms with Crippen LogP contribution in [0.5, 0.6) is 28.7 Å². The van der Waals surface area contributed by atoms with Crippen LogP contribution in [0.4, 0.5) is 0 Å². The quantitative estimate of drug-likeness (QED) is 0.581. The van der Waals surface area contributed by atoms with Crippen molar-refractivity contribution in [2.75, 3.05) is 42.2 Å². The second-order valence-corrected chi connectivity index (χ2v) is 7.13. The van der Waals surface area contributed by atoms with E-state index in [4.69, 9.17) is 28.4 Å². The lowest BCUT2D eigenvalue weighted by molar-refractivity contribution is -0.141. The highest BCUT2D eigenvalue weighted by atomic mass is 16.5. The third kappa shape index (κ3) is 4.40. The van der Waals surface area contributed by atoms with Gasteiger partial charge in [0.2, 0.25) is 5.75 Å². The van der Waals surface area contributed by atoms with Crippen molar-refractivity contribution in [3.8, 4) is 28.7 Å². The summed E-state index contributed by atoms with van der Waals surface area (Å²) in [6.45, 7) is 0.391. The molecule has 3 rings (SSSR count). The summed E-state index contributed by atoms with van der Waals surface area (Å²) < 4.78 is 32.3. The lowest BCUT2D eigenvalue weighted by Crippen LogP contribution is -2.20. The number of carbonyl (C=O) groups excluding carboxylic acids is 1. The molecule has 0 N–H and O–H groups in total. The lowest BCUT2D eigenvalue weighted by atomic mass is 9.85. The van der Waals surface area contributed by atoms with E-state index in [2.05, 4.69) is 0 Å². The Kier molecular flexibility index (Phi) is 6.92. The molecule has 0 amide bonds. The van der Waals surface area contributed by atoms with Gasteiger partial charge in [-0.3, -0.25) is 4.79 Å². The maximum atomic E-state index is 12.5. The molecule has 1 aliphatic rings. The monoisotopic (exact) mass is 416 g/mol. The fourth-order valence-electron chi connectivity index (χ4n) is 3.87. The predicted molar refractivity (Wildman–Crippen MR) is 111 cm³/mol. The Morgan fingerprint density at radius 2 is 1.37 bits per heavy atom. The number of hydrogen-bond acceptors (Lipinski definition) is 7. The molecule has 0 bridgehead atoms. The van der Waals surface area contributed by atoms with Gasteiger partial charge in [-0.2, -0.15) is 0 Å². The minimum absolute atomic E-state index is 0.0506. The molecule has 1 aliphatic heterocycles. The van der Waals surface area contributed by atoms with Crippen LogP contribution in [0.1, 0.15) is 11.1 Å². The standard InChI is InChI=1S/C23H28O7/c1-25-18-7-6-14(10-19(18)26-2)8-16-13-30-23(24)17(16)9-15-11-20(27-3)22(29-5)21(12-15)28-4/h6-7,10-12,16-17H,8-9,13H2,1-5H3/t16-,17-/m1/s1. The average molecular weight is 416 g/mol. The van der Waals surface area contributed by atoms with Gasteiger partial charge in [-0.25, -0.2) is 0 Å². The van der Waals surface area contributed by atoms with E-state index < -0.39 is 0 Å². The molecule has 7 heteroatoms. The third-order valence-electron chi connectivity index (χ3n) is 5.44. The highest BCUT2D eigenvalue weighted by Crippen LogP contribution is 2.40. The summed E-state index contributed by atoms with van der Waals surface area (Å²) in [6.07, 6.45) is 1.22. The topological polar surface area (TPSA) is 72.5 Å². The summed E-state index contributed by atoms with van der Waals surface area (Å²) in [6, 6.07) is 9.56. The SMILES string of the molecule is COc1ccc(C[C@@H]2COC(=O)[C@@H]2Cc2cc(OC)c(OC)c(OC)c2)cc1OC. The zero-order valence-electron chi connectivity index (χ0n) is 18.0. The van der Waals surface area contributed by atoms with Crippen molar-refractivity contribution in [1.29, 1.82) is 0 Å². The molecule has 30 heavy (non-hydrogen) atoms. The Balaban J connectivity index is 1.82. The van der Waals surface area contributed by atoms with Gasteiger partial charge in [0, 0.05) is 5.92 Å². The van der Waals surface area contributed by atoms with E-state index in [0.29, 0.717) is 48.2 Å². The molecule has 0 aliphatic carbocycles. The van der Waals surface area contributed by atoms with Crippen molar-refractivity contribution in [3.05, 3.63) is 41.5 Å². The molecule has 0 spiro atoms. The Labute approximate surface area is 176 Å². The summed E-state index contributed by atoms with van der Waals surface area (Å²) in [7, 11) is 7.93. The number of cyclic esters (lactones) is 1. The first-order chi connectivity index (χ1) is 14.5. The van der Waals surface area contributed by atoms with Crippen molar-refractivity contribution >= 4 is 5.97 Å². The number of benzene rings is 2. The van der Waals surface area contributed by atoms with Gasteiger partial charge in [0.25, 0.3) is 0 Å². The number of esters is 1. The predicted octanol–water partition coefficient (Wildman–Crippen LogP) is 3.30. The smallest absolute Gasteiger partial charge is 0.309 e. The highest BCUT2D eigenvalue weighted by molar-refractivity contribution is 5.75. The van der Waals surface area contributed by atoms with Crippen LogP contribution < -0.4 is 23.7 Å². The summed E-state index contributed by atoms with van der Waals surface area (Å²) in [5.41, 5.74) is 1.98. The van der Waals surface area contributed by atoms with Gasteiger partial charge < -0.3 is 28.4 Å². The van der Waals surface area contributed by atoms with Gasteiger partial charge in [-0.15, -0.1) is 0 Å². The summed E-state index contributed by atoms with van der Waals surface area (Å²) in [5.74, 6) is 2.60. The van der Waals surface area contributed by atoms with E-state index in [0.717, 1.165) is 11.1 Å². The minimum atomic E-state index is -0.263. The maximum Gasteiger partial charge on any atom is 0.309 e. The Bertz CT molecular complexity index is 868. The molecule has 162 valence electrons. The number of methoxy groups -OCH3 is 5. The van der Waals surface area contributed by atoms with Crippen molar-refractivity contribution in [2.45, 2.75) is 12.8 Å². The largest absolute Gasteiger partial charge is 0.493 e. The van der Waals surface area contributed by atoms with Crippen molar-refractivity contribution in [3.63, 3.8) is 0 Å². The molecule has 1 fully saturated rings. The van der Waals surface area contributed by atoms with Gasteiger partial charge in [0.1, 0.15) is 0 Å². The van der Waals surface area contributed by atoms with Gasteiger partial charge >= 0.3 is 5.97 Å². The van der Waals surface area contributed by atoms with Gasteiger partial charge in [-0.05, 0) is 48.2 Å². The summed E-state index contributed by atoms with van der Waals surface area (Å²) in [4.78, 5) is 12.5. The van der Waals surface area contributed by atoms with E-state index >= 15 is 0 Å². The summed E-state index contributed by atoms with van der Waals surface area (Å²) in [5, 5.41) is 0. The first kappa shape index (κ1) is 21.6. The van der Waals surface area contributed by atoms with E-state index in [1.165, 1.54) is 0 Å². The van der Waals surface area contributed by atoms with Crippen LogP contribution in [0.3, 0.4) is 0 Å². The Morgan fingerprint density at radius 3 is 1.93 bits per heavy atom. The number of carbonyl (C=O) groups is 1. The Morgan fingerprint density at radius 1 is 0.767 bits per heavy atom. The minimum Gasteiger partial charge on any atom is -0.493 e. The number of rotatable bonds is 9. The Hall–Kier alpha value is -3.09. The van der Waals surface area contributed by atoms with Crippen LogP contribution >= 0.6 is 0 Å². The first-order valence-electron chi connectivity index (χ1n) is 9.71. The molecule has 0 unspecified atom stereocenters. The van der Waals surface area contributed by atoms with Crippen LogP contribution in [0.25, 0.3) is 0 Å². The molecule has 2 aromatic carbocycles. The molecule has 0 aromatic heterocycles. The fourth-order valence-corrected chi connectivity index (χ4v) is 3.87. The highest BCUT2D eigenvalue weighted by Gasteiger charge is 2.37. The van der Waals surface area contributed by atoms with Crippen LogP contribution in [0, 0.1) is 11.8 Å². The van der Waals surface area contributed by atoms with Crippen LogP contribution in [0.15, 0.2) is 30.3 Å². The molecule has 2 atom stereocenters. The molecular formula is C23H28O7. The second-order valence-electron chi connectivity index (χ2n) is 7.13. The van der Waals surface area contributed by atoms with Crippen LogP contribution in [0.2, 0.25) is 0 Å². The van der Waals surface area contributed by atoms with E-state index in [9.17, 15) is 4.79 Å². The van der Waals surface area contributed by atoms with E-state index in [1.54, 1.807) is 35.5 Å². The molecule has 2 aromatic rings. The number of hydrogen-bond donors (Lipinski definition) is 0. The molecular weight excluding hydrogens is 388 g/mol. The van der Waals surface area contributed by atoms with Crippen molar-refractivity contribution in [1.82, 2.24) is 0 Å². The molecule has 0 saturated carbocycles. The molecule has 7 nitrogen and oxygen atoms in total. The maximum absolute atomic E-state index is 12.5. The summed E-state index contributed by atoms with van der Waals surface area (Å²) >= 11 is 0.